The maximum Gasteiger partial charge on any atom is 0.246 e. The number of piperidine rings is 1. The standard InChI is InChI=1S/C26H31N5O2/c1-19-8-3-4-10-22(19)26-28-14-20(15-29-26)16-31-13-7-9-21(17-31)25(30-24(32)18-33-2)23-11-5-6-12-27-23/h3-6,8,10-12,14-15,21,25H,7,9,13,16-18H2,1-2H3,(H,30,32)/t21-,25-/m0/s1. The van der Waals surface area contributed by atoms with Gasteiger partial charge in [-0.05, 0) is 49.9 Å². The molecule has 0 radical (unpaired) electrons. The molecule has 1 fully saturated rings. The maximum atomic E-state index is 12.3. The highest BCUT2D eigenvalue weighted by Crippen LogP contribution is 2.30. The zero-order valence-electron chi connectivity index (χ0n) is 19.3. The number of aryl methyl sites for hydroxylation is 1. The van der Waals surface area contributed by atoms with Crippen LogP contribution in [0, 0.1) is 12.8 Å². The van der Waals surface area contributed by atoms with Crippen molar-refractivity contribution in [1.29, 1.82) is 0 Å². The number of carbonyl (C=O) groups excluding carboxylic acids is 1. The van der Waals surface area contributed by atoms with Crippen molar-refractivity contribution in [2.75, 3.05) is 26.8 Å². The average Bonchev–Trinajstić information content (AvgIpc) is 2.84. The quantitative estimate of drug-likeness (QED) is 0.571. The molecule has 4 rings (SSSR count). The van der Waals surface area contributed by atoms with Crippen LogP contribution in [0.1, 0.15) is 35.7 Å². The zero-order valence-corrected chi connectivity index (χ0v) is 19.3. The Bertz CT molecular complexity index is 1040. The van der Waals surface area contributed by atoms with Crippen LogP contribution >= 0.6 is 0 Å². The van der Waals surface area contributed by atoms with Gasteiger partial charge >= 0.3 is 0 Å². The Morgan fingerprint density at radius 1 is 1.15 bits per heavy atom. The van der Waals surface area contributed by atoms with E-state index >= 15 is 0 Å². The second kappa shape index (κ2) is 11.1. The summed E-state index contributed by atoms with van der Waals surface area (Å²) in [6.07, 6.45) is 7.73. The minimum absolute atomic E-state index is 0.0460. The van der Waals surface area contributed by atoms with E-state index in [1.165, 1.54) is 12.7 Å². The second-order valence-electron chi connectivity index (χ2n) is 8.60. The fourth-order valence-corrected chi connectivity index (χ4v) is 4.50. The van der Waals surface area contributed by atoms with Crippen molar-refractivity contribution >= 4 is 5.91 Å². The molecule has 1 N–H and O–H groups in total. The van der Waals surface area contributed by atoms with Crippen LogP contribution < -0.4 is 5.32 Å². The lowest BCUT2D eigenvalue weighted by molar-refractivity contribution is -0.126. The molecule has 3 heterocycles. The largest absolute Gasteiger partial charge is 0.375 e. The SMILES string of the molecule is COCC(=O)N[C@H](c1ccccn1)[C@H]1CCCN(Cc2cnc(-c3ccccc3C)nc2)C1. The highest BCUT2D eigenvalue weighted by Gasteiger charge is 2.30. The fourth-order valence-electron chi connectivity index (χ4n) is 4.50. The minimum atomic E-state index is -0.142. The summed E-state index contributed by atoms with van der Waals surface area (Å²) in [7, 11) is 1.53. The van der Waals surface area contributed by atoms with Crippen LogP contribution in [0.5, 0.6) is 0 Å². The first-order valence-electron chi connectivity index (χ1n) is 11.4. The van der Waals surface area contributed by atoms with Gasteiger partial charge in [0.25, 0.3) is 0 Å². The predicted molar refractivity (Wildman–Crippen MR) is 127 cm³/mol. The van der Waals surface area contributed by atoms with Gasteiger partial charge in [0.2, 0.25) is 5.91 Å². The Kier molecular flexibility index (Phi) is 7.75. The van der Waals surface area contributed by atoms with Crippen molar-refractivity contribution in [3.8, 4) is 11.4 Å². The van der Waals surface area contributed by atoms with E-state index in [-0.39, 0.29) is 24.5 Å². The normalized spacial score (nSPS) is 17.5. The highest BCUT2D eigenvalue weighted by molar-refractivity contribution is 5.77. The number of nitrogens with zero attached hydrogens (tertiary/aromatic N) is 4. The monoisotopic (exact) mass is 445 g/mol. The van der Waals surface area contributed by atoms with Gasteiger partial charge in [-0.3, -0.25) is 14.7 Å². The van der Waals surface area contributed by atoms with Gasteiger partial charge in [0.05, 0.1) is 11.7 Å². The Morgan fingerprint density at radius 2 is 1.94 bits per heavy atom. The molecule has 7 nitrogen and oxygen atoms in total. The summed E-state index contributed by atoms with van der Waals surface area (Å²) in [5.74, 6) is 0.900. The summed E-state index contributed by atoms with van der Waals surface area (Å²) in [5.41, 5.74) is 4.21. The first-order valence-corrected chi connectivity index (χ1v) is 11.4. The van der Waals surface area contributed by atoms with Crippen LogP contribution in [0.15, 0.2) is 61.1 Å². The molecule has 7 heteroatoms. The molecule has 1 aliphatic heterocycles. The molecule has 0 bridgehead atoms. The number of carbonyl (C=O) groups is 1. The number of hydrogen-bond acceptors (Lipinski definition) is 6. The Hall–Kier alpha value is -3.16. The van der Waals surface area contributed by atoms with Gasteiger partial charge in [0.1, 0.15) is 6.61 Å². The molecule has 1 aromatic carbocycles. The van der Waals surface area contributed by atoms with Crippen LogP contribution in [-0.2, 0) is 16.1 Å². The third-order valence-corrected chi connectivity index (χ3v) is 6.11. The smallest absolute Gasteiger partial charge is 0.246 e. The topological polar surface area (TPSA) is 80.2 Å². The molecule has 0 aliphatic carbocycles. The van der Waals surface area contributed by atoms with Crippen molar-refractivity contribution < 1.29 is 9.53 Å². The second-order valence-corrected chi connectivity index (χ2v) is 8.60. The number of amides is 1. The number of aromatic nitrogens is 3. The number of nitrogens with one attached hydrogen (secondary N) is 1. The van der Waals surface area contributed by atoms with E-state index in [0.29, 0.717) is 0 Å². The summed E-state index contributed by atoms with van der Waals surface area (Å²) >= 11 is 0. The third-order valence-electron chi connectivity index (χ3n) is 6.11. The molecule has 1 aliphatic rings. The van der Waals surface area contributed by atoms with E-state index in [9.17, 15) is 4.79 Å². The van der Waals surface area contributed by atoms with Gasteiger partial charge in [-0.15, -0.1) is 0 Å². The van der Waals surface area contributed by atoms with Crippen LogP contribution in [0.3, 0.4) is 0 Å². The molecule has 2 aromatic heterocycles. The van der Waals surface area contributed by atoms with Gasteiger partial charge in [0, 0.05) is 49.9 Å². The van der Waals surface area contributed by atoms with Gasteiger partial charge in [-0.1, -0.05) is 30.3 Å². The molecule has 0 saturated carbocycles. The number of ether oxygens (including phenoxy) is 1. The molecular weight excluding hydrogens is 414 g/mol. The average molecular weight is 446 g/mol. The highest BCUT2D eigenvalue weighted by atomic mass is 16.5. The number of methoxy groups -OCH3 is 1. The minimum Gasteiger partial charge on any atom is -0.375 e. The van der Waals surface area contributed by atoms with Crippen molar-refractivity contribution in [3.63, 3.8) is 0 Å². The van der Waals surface area contributed by atoms with Gasteiger partial charge < -0.3 is 10.1 Å². The first-order chi connectivity index (χ1) is 16.1. The molecule has 0 unspecified atom stereocenters. The lowest BCUT2D eigenvalue weighted by Crippen LogP contribution is -2.43. The van der Waals surface area contributed by atoms with Crippen LogP contribution in [0.25, 0.3) is 11.4 Å². The van der Waals surface area contributed by atoms with E-state index in [1.54, 1.807) is 6.20 Å². The molecule has 1 amide bonds. The third kappa shape index (κ3) is 6.00. The van der Waals surface area contributed by atoms with Crippen LogP contribution in [0.2, 0.25) is 0 Å². The predicted octanol–water partition coefficient (Wildman–Crippen LogP) is 3.56. The van der Waals surface area contributed by atoms with Crippen molar-refractivity contribution in [2.24, 2.45) is 5.92 Å². The number of benzene rings is 1. The van der Waals surface area contributed by atoms with Crippen molar-refractivity contribution in [3.05, 3.63) is 77.9 Å². The first kappa shape index (κ1) is 23.0. The number of pyridine rings is 1. The summed E-state index contributed by atoms with van der Waals surface area (Å²) in [6, 6.07) is 13.9. The summed E-state index contributed by atoms with van der Waals surface area (Å²) in [6.45, 7) is 4.78. The van der Waals surface area contributed by atoms with Crippen LogP contribution in [-0.4, -0.2) is 52.6 Å². The zero-order chi connectivity index (χ0) is 23.0. The van der Waals surface area contributed by atoms with Crippen LogP contribution in [0.4, 0.5) is 0 Å². The maximum absolute atomic E-state index is 12.3. The van der Waals surface area contributed by atoms with E-state index in [4.69, 9.17) is 4.74 Å². The van der Waals surface area contributed by atoms with E-state index in [0.717, 1.165) is 55.1 Å². The van der Waals surface area contributed by atoms with Gasteiger partial charge in [-0.25, -0.2) is 9.97 Å². The Labute approximate surface area is 195 Å². The van der Waals surface area contributed by atoms with Gasteiger partial charge in [-0.2, -0.15) is 0 Å². The molecule has 1 saturated heterocycles. The van der Waals surface area contributed by atoms with E-state index < -0.39 is 0 Å². The van der Waals surface area contributed by atoms with Crippen molar-refractivity contribution in [2.45, 2.75) is 32.4 Å². The summed E-state index contributed by atoms with van der Waals surface area (Å²) < 4.78 is 5.02. The molecule has 0 spiro atoms. The summed E-state index contributed by atoms with van der Waals surface area (Å²) in [4.78, 5) is 28.5. The number of likely N-dealkylation sites (tertiary alicyclic amines) is 1. The Morgan fingerprint density at radius 3 is 2.67 bits per heavy atom. The Balaban J connectivity index is 1.44. The molecule has 3 aromatic rings. The number of rotatable bonds is 8. The van der Waals surface area contributed by atoms with E-state index in [1.807, 2.05) is 42.7 Å². The molecule has 172 valence electrons. The lowest BCUT2D eigenvalue weighted by Gasteiger charge is -2.37. The number of hydrogen-bond donors (Lipinski definition) is 1. The lowest BCUT2D eigenvalue weighted by atomic mass is 9.88. The fraction of sp³-hybridized carbons (Fsp3) is 0.385. The van der Waals surface area contributed by atoms with E-state index in [2.05, 4.69) is 44.2 Å². The van der Waals surface area contributed by atoms with Crippen molar-refractivity contribution in [1.82, 2.24) is 25.2 Å². The molecule has 2 atom stereocenters. The summed E-state index contributed by atoms with van der Waals surface area (Å²) in [5, 5.41) is 3.14. The van der Waals surface area contributed by atoms with Gasteiger partial charge in [0.15, 0.2) is 5.82 Å². The molecular formula is C26H31N5O2. The molecule has 33 heavy (non-hydrogen) atoms.